The Labute approximate surface area is 118 Å². The predicted octanol–water partition coefficient (Wildman–Crippen LogP) is 2.24. The molecule has 7 heteroatoms. The SMILES string of the molecule is CNc1ncc(S(=O)(=O)NC(C)(C)C2CC2)cc1Cl. The highest BCUT2D eigenvalue weighted by atomic mass is 35.5. The van der Waals surface area contributed by atoms with Crippen molar-refractivity contribution in [2.45, 2.75) is 37.1 Å². The smallest absolute Gasteiger partial charge is 0.242 e. The molecule has 2 rings (SSSR count). The largest absolute Gasteiger partial charge is 0.372 e. The fraction of sp³-hybridized carbons (Fsp3) is 0.583. The summed E-state index contributed by atoms with van der Waals surface area (Å²) >= 11 is 5.96. The molecule has 0 aliphatic heterocycles. The van der Waals surface area contributed by atoms with Crippen LogP contribution in [0.15, 0.2) is 17.2 Å². The Morgan fingerprint density at radius 3 is 2.53 bits per heavy atom. The Morgan fingerprint density at radius 2 is 2.05 bits per heavy atom. The second kappa shape index (κ2) is 4.92. The van der Waals surface area contributed by atoms with Crippen LogP contribution in [0, 0.1) is 5.92 Å². The van der Waals surface area contributed by atoms with E-state index in [0.717, 1.165) is 12.8 Å². The van der Waals surface area contributed by atoms with E-state index in [-0.39, 0.29) is 9.92 Å². The lowest BCUT2D eigenvalue weighted by Gasteiger charge is -2.25. The summed E-state index contributed by atoms with van der Waals surface area (Å²) in [4.78, 5) is 4.08. The molecule has 5 nitrogen and oxygen atoms in total. The van der Waals surface area contributed by atoms with E-state index in [1.54, 1.807) is 7.05 Å². The summed E-state index contributed by atoms with van der Waals surface area (Å²) in [6.45, 7) is 3.80. The summed E-state index contributed by atoms with van der Waals surface area (Å²) in [6.07, 6.45) is 3.43. The highest BCUT2D eigenvalue weighted by molar-refractivity contribution is 7.89. The molecule has 19 heavy (non-hydrogen) atoms. The maximum absolute atomic E-state index is 12.3. The van der Waals surface area contributed by atoms with Gasteiger partial charge in [-0.05, 0) is 38.7 Å². The number of aromatic nitrogens is 1. The summed E-state index contributed by atoms with van der Waals surface area (Å²) in [5.41, 5.74) is -0.438. The maximum atomic E-state index is 12.3. The molecule has 1 fully saturated rings. The molecule has 0 aromatic carbocycles. The molecular weight excluding hydrogens is 286 g/mol. The van der Waals surface area contributed by atoms with E-state index in [9.17, 15) is 8.42 Å². The summed E-state index contributed by atoms with van der Waals surface area (Å²) in [5, 5.41) is 3.08. The zero-order valence-electron chi connectivity index (χ0n) is 11.2. The number of halogens is 1. The van der Waals surface area contributed by atoms with Crippen molar-refractivity contribution in [1.82, 2.24) is 9.71 Å². The molecule has 1 aromatic rings. The van der Waals surface area contributed by atoms with Crippen molar-refractivity contribution in [2.24, 2.45) is 5.92 Å². The average Bonchev–Trinajstić information content (AvgIpc) is 3.11. The molecule has 106 valence electrons. The molecular formula is C12H18ClN3O2S. The van der Waals surface area contributed by atoms with Gasteiger partial charge in [-0.15, -0.1) is 0 Å². The van der Waals surface area contributed by atoms with Gasteiger partial charge in [-0.1, -0.05) is 11.6 Å². The molecule has 1 saturated carbocycles. The Hall–Kier alpha value is -0.850. The van der Waals surface area contributed by atoms with Crippen LogP contribution in [-0.4, -0.2) is 26.0 Å². The molecule has 0 unspecified atom stereocenters. The fourth-order valence-corrected chi connectivity index (χ4v) is 3.81. The summed E-state index contributed by atoms with van der Waals surface area (Å²) in [5.74, 6) is 0.865. The second-order valence-corrected chi connectivity index (χ2v) is 7.44. The third-order valence-electron chi connectivity index (χ3n) is 3.36. The Balaban J connectivity index is 2.26. The van der Waals surface area contributed by atoms with Crippen molar-refractivity contribution in [2.75, 3.05) is 12.4 Å². The van der Waals surface area contributed by atoms with Crippen LogP contribution in [0.5, 0.6) is 0 Å². The summed E-state index contributed by atoms with van der Waals surface area (Å²) in [6, 6.07) is 1.41. The van der Waals surface area contributed by atoms with E-state index in [0.29, 0.717) is 11.7 Å². The van der Waals surface area contributed by atoms with E-state index >= 15 is 0 Å². The van der Waals surface area contributed by atoms with Crippen LogP contribution in [0.3, 0.4) is 0 Å². The van der Waals surface area contributed by atoms with Gasteiger partial charge in [0.2, 0.25) is 10.0 Å². The minimum absolute atomic E-state index is 0.0882. The highest BCUT2D eigenvalue weighted by Crippen LogP contribution is 2.40. The van der Waals surface area contributed by atoms with Gasteiger partial charge in [-0.25, -0.2) is 18.1 Å². The van der Waals surface area contributed by atoms with E-state index in [4.69, 9.17) is 11.6 Å². The van der Waals surface area contributed by atoms with Crippen molar-refractivity contribution in [3.63, 3.8) is 0 Å². The number of nitrogens with one attached hydrogen (secondary N) is 2. The zero-order valence-corrected chi connectivity index (χ0v) is 12.8. The molecule has 0 atom stereocenters. The molecule has 0 amide bonds. The Morgan fingerprint density at radius 1 is 1.42 bits per heavy atom. The second-order valence-electron chi connectivity index (χ2n) is 5.35. The number of rotatable bonds is 5. The number of sulfonamides is 1. The third kappa shape index (κ3) is 3.19. The Kier molecular flexibility index (Phi) is 3.77. The minimum Gasteiger partial charge on any atom is -0.372 e. The molecule has 0 radical (unpaired) electrons. The standard InChI is InChI=1S/C12H18ClN3O2S/c1-12(2,8-4-5-8)16-19(17,18)9-6-10(13)11(14-3)15-7-9/h6-8,16H,4-5H2,1-3H3,(H,14,15). The van der Waals surface area contributed by atoms with E-state index < -0.39 is 15.6 Å². The third-order valence-corrected chi connectivity index (χ3v) is 5.29. The lowest BCUT2D eigenvalue weighted by Crippen LogP contribution is -2.45. The number of nitrogens with zero attached hydrogens (tertiary/aromatic N) is 1. The van der Waals surface area contributed by atoms with Gasteiger partial charge in [-0.3, -0.25) is 0 Å². The van der Waals surface area contributed by atoms with Gasteiger partial charge in [0.15, 0.2) is 0 Å². The van der Waals surface area contributed by atoms with Crippen LogP contribution in [0.25, 0.3) is 0 Å². The molecule has 0 saturated heterocycles. The number of anilines is 1. The molecule has 1 aliphatic carbocycles. The first-order valence-corrected chi connectivity index (χ1v) is 7.99. The molecule has 1 aromatic heterocycles. The molecule has 0 bridgehead atoms. The van der Waals surface area contributed by atoms with E-state index in [1.807, 2.05) is 13.8 Å². The van der Waals surface area contributed by atoms with Crippen LogP contribution < -0.4 is 10.0 Å². The number of pyridine rings is 1. The molecule has 0 spiro atoms. The van der Waals surface area contributed by atoms with Crippen LogP contribution >= 0.6 is 11.6 Å². The van der Waals surface area contributed by atoms with Gasteiger partial charge in [0, 0.05) is 18.8 Å². The summed E-state index contributed by atoms with van der Waals surface area (Å²) in [7, 11) is -1.92. The van der Waals surface area contributed by atoms with Gasteiger partial charge >= 0.3 is 0 Å². The quantitative estimate of drug-likeness (QED) is 0.875. The zero-order chi connectivity index (χ0) is 14.3. The monoisotopic (exact) mass is 303 g/mol. The van der Waals surface area contributed by atoms with Crippen molar-refractivity contribution in [1.29, 1.82) is 0 Å². The van der Waals surface area contributed by atoms with Gasteiger partial charge in [0.05, 0.1) is 5.02 Å². The normalized spacial score (nSPS) is 16.4. The van der Waals surface area contributed by atoms with Gasteiger partial charge in [0.1, 0.15) is 10.7 Å². The maximum Gasteiger partial charge on any atom is 0.242 e. The van der Waals surface area contributed by atoms with Crippen LogP contribution in [0.4, 0.5) is 5.82 Å². The van der Waals surface area contributed by atoms with E-state index in [1.165, 1.54) is 12.3 Å². The first kappa shape index (κ1) is 14.6. The lowest BCUT2D eigenvalue weighted by atomic mass is 10.0. The molecule has 2 N–H and O–H groups in total. The van der Waals surface area contributed by atoms with Crippen molar-refractivity contribution < 1.29 is 8.42 Å². The summed E-state index contributed by atoms with van der Waals surface area (Å²) < 4.78 is 27.3. The lowest BCUT2D eigenvalue weighted by molar-refractivity contribution is 0.400. The van der Waals surface area contributed by atoms with Crippen molar-refractivity contribution in [3.8, 4) is 0 Å². The van der Waals surface area contributed by atoms with Gasteiger partial charge in [-0.2, -0.15) is 0 Å². The predicted molar refractivity (Wildman–Crippen MR) is 75.9 cm³/mol. The van der Waals surface area contributed by atoms with Crippen molar-refractivity contribution >= 4 is 27.4 Å². The average molecular weight is 304 g/mol. The highest BCUT2D eigenvalue weighted by Gasteiger charge is 2.40. The van der Waals surface area contributed by atoms with Crippen molar-refractivity contribution in [3.05, 3.63) is 17.3 Å². The first-order valence-electron chi connectivity index (χ1n) is 6.13. The van der Waals surface area contributed by atoms with Crippen LogP contribution in [-0.2, 0) is 10.0 Å². The van der Waals surface area contributed by atoms with Crippen LogP contribution in [0.2, 0.25) is 5.02 Å². The number of hydrogen-bond acceptors (Lipinski definition) is 4. The van der Waals surface area contributed by atoms with Gasteiger partial charge in [0.25, 0.3) is 0 Å². The fourth-order valence-electron chi connectivity index (χ4n) is 2.04. The Bertz CT molecular complexity index is 583. The topological polar surface area (TPSA) is 71.1 Å². The minimum atomic E-state index is -3.60. The molecule has 1 aliphatic rings. The van der Waals surface area contributed by atoms with Crippen LogP contribution in [0.1, 0.15) is 26.7 Å². The first-order chi connectivity index (χ1) is 8.76. The van der Waals surface area contributed by atoms with Gasteiger partial charge < -0.3 is 5.32 Å². The van der Waals surface area contributed by atoms with E-state index in [2.05, 4.69) is 15.0 Å². The number of hydrogen-bond donors (Lipinski definition) is 2. The molecule has 1 heterocycles.